The summed E-state index contributed by atoms with van der Waals surface area (Å²) in [4.78, 5) is 13.7. The molecule has 0 spiro atoms. The molecule has 8 aromatic carbocycles. The maximum Gasteiger partial charge on any atom is 0.193 e. The molecule has 75 heavy (non-hydrogen) atoms. The molecule has 0 saturated carbocycles. The second kappa shape index (κ2) is 22.1. The zero-order chi connectivity index (χ0) is 53.3. The van der Waals surface area contributed by atoms with E-state index in [0.717, 1.165) is 46.2 Å². The van der Waals surface area contributed by atoms with Gasteiger partial charge in [-0.1, -0.05) is 114 Å². The molecule has 0 aliphatic rings. The van der Waals surface area contributed by atoms with Crippen molar-refractivity contribution in [2.75, 3.05) is 0 Å². The fourth-order valence-corrected chi connectivity index (χ4v) is 9.28. The molecule has 0 N–H and O–H groups in total. The molecule has 1 unspecified atom stereocenters. The number of ketones is 1. The van der Waals surface area contributed by atoms with Gasteiger partial charge in [0.2, 0.25) is 0 Å². The first kappa shape index (κ1) is 51.9. The molecule has 0 radical (unpaired) electrons. The van der Waals surface area contributed by atoms with E-state index in [4.69, 9.17) is 18.9 Å². The molecule has 0 aliphatic heterocycles. The second-order valence-corrected chi connectivity index (χ2v) is 19.5. The van der Waals surface area contributed by atoms with Crippen LogP contribution < -0.4 is 18.9 Å². The summed E-state index contributed by atoms with van der Waals surface area (Å²) in [6.07, 6.45) is 1.21. The molecule has 8 aromatic rings. The summed E-state index contributed by atoms with van der Waals surface area (Å²) in [6.45, 7) is 14.9. The Morgan fingerprint density at radius 1 is 0.427 bits per heavy atom. The summed E-state index contributed by atoms with van der Waals surface area (Å²) in [5.41, 5.74) is 7.63. The van der Waals surface area contributed by atoms with Gasteiger partial charge in [0.05, 0.1) is 22.3 Å². The Kier molecular flexibility index (Phi) is 15.3. The molecule has 1 atom stereocenters. The molecule has 8 rings (SSSR count). The van der Waals surface area contributed by atoms with Crippen LogP contribution >= 0.6 is 0 Å². The Bertz CT molecular complexity index is 3500. The SMILES string of the molecule is CCC(CC)(Oc1ccc(C(=O)c2ccc(Oc3ccc(C(C)(C)c4ccc(C(C)Oc5ccc(C#N)c(C#N)c5)cc4)cc3)cc2)cc1)c1ccc(C(C)(C)c2ccc(Oc3ccc(C#N)c(C#N)c3)cc2)cc1. The molecule has 0 fully saturated rings. The molecule has 9 heteroatoms. The van der Waals surface area contributed by atoms with Crippen molar-refractivity contribution < 1.29 is 23.7 Å². The van der Waals surface area contributed by atoms with Crippen LogP contribution in [-0.4, -0.2) is 5.78 Å². The first-order valence-electron chi connectivity index (χ1n) is 24.9. The average Bonchev–Trinajstić information content (AvgIpc) is 3.45. The lowest BCUT2D eigenvalue weighted by Crippen LogP contribution is -2.32. The molecular weight excluding hydrogens is 929 g/mol. The third-order valence-electron chi connectivity index (χ3n) is 14.3. The van der Waals surface area contributed by atoms with Gasteiger partial charge in [0, 0.05) is 22.0 Å². The van der Waals surface area contributed by atoms with Crippen molar-refractivity contribution in [3.63, 3.8) is 0 Å². The van der Waals surface area contributed by atoms with Crippen LogP contribution in [0, 0.1) is 45.3 Å². The number of hydrogen-bond donors (Lipinski definition) is 0. The van der Waals surface area contributed by atoms with Crippen LogP contribution in [0.5, 0.6) is 34.5 Å². The van der Waals surface area contributed by atoms with E-state index >= 15 is 0 Å². The minimum Gasteiger partial charge on any atom is -0.486 e. The lowest BCUT2D eigenvalue weighted by molar-refractivity contribution is 0.0573. The highest BCUT2D eigenvalue weighted by atomic mass is 16.5. The number of ether oxygens (including phenoxy) is 4. The Morgan fingerprint density at radius 3 is 1.19 bits per heavy atom. The van der Waals surface area contributed by atoms with Gasteiger partial charge in [-0.25, -0.2) is 0 Å². The molecule has 370 valence electrons. The van der Waals surface area contributed by atoms with Gasteiger partial charge in [-0.15, -0.1) is 0 Å². The number of nitrogens with zero attached hydrogens (tertiary/aromatic N) is 4. The first-order chi connectivity index (χ1) is 36.1. The average molecular weight is 985 g/mol. The quantitative estimate of drug-likeness (QED) is 0.0766. The van der Waals surface area contributed by atoms with Crippen LogP contribution in [0.25, 0.3) is 0 Å². The zero-order valence-corrected chi connectivity index (χ0v) is 43.1. The normalized spacial score (nSPS) is 11.7. The summed E-state index contributed by atoms with van der Waals surface area (Å²) >= 11 is 0. The maximum atomic E-state index is 13.7. The van der Waals surface area contributed by atoms with E-state index in [1.807, 2.05) is 85.8 Å². The van der Waals surface area contributed by atoms with Crippen LogP contribution in [0.2, 0.25) is 0 Å². The third-order valence-corrected chi connectivity index (χ3v) is 14.3. The summed E-state index contributed by atoms with van der Waals surface area (Å²) in [6, 6.07) is 65.3. The van der Waals surface area contributed by atoms with Gasteiger partial charge in [0.1, 0.15) is 70.5 Å². The van der Waals surface area contributed by atoms with E-state index in [1.54, 1.807) is 60.7 Å². The van der Waals surface area contributed by atoms with Gasteiger partial charge in [0.15, 0.2) is 5.78 Å². The van der Waals surface area contributed by atoms with E-state index in [2.05, 4.69) is 108 Å². The largest absolute Gasteiger partial charge is 0.486 e. The van der Waals surface area contributed by atoms with Crippen molar-refractivity contribution in [3.8, 4) is 58.8 Å². The number of benzene rings is 8. The molecule has 0 aromatic heterocycles. The molecular formula is C66H56N4O5. The fraction of sp³-hybridized carbons (Fsp3) is 0.197. The van der Waals surface area contributed by atoms with E-state index < -0.39 is 5.60 Å². The number of nitriles is 4. The van der Waals surface area contributed by atoms with Crippen molar-refractivity contribution >= 4 is 5.78 Å². The Labute approximate surface area is 440 Å². The number of carbonyl (C=O) groups excluding carboxylic acids is 1. The van der Waals surface area contributed by atoms with Crippen molar-refractivity contribution in [1.29, 1.82) is 21.0 Å². The summed E-state index contributed by atoms with van der Waals surface area (Å²) in [5.74, 6) is 3.52. The summed E-state index contributed by atoms with van der Waals surface area (Å²) in [7, 11) is 0. The highest BCUT2D eigenvalue weighted by molar-refractivity contribution is 6.09. The molecule has 0 heterocycles. The van der Waals surface area contributed by atoms with E-state index in [0.29, 0.717) is 56.8 Å². The predicted octanol–water partition coefficient (Wildman–Crippen LogP) is 15.9. The summed E-state index contributed by atoms with van der Waals surface area (Å²) in [5, 5.41) is 37.3. The minimum atomic E-state index is -0.583. The Balaban J connectivity index is 0.856. The van der Waals surface area contributed by atoms with Gasteiger partial charge in [-0.2, -0.15) is 21.0 Å². The number of rotatable bonds is 18. The third kappa shape index (κ3) is 11.3. The van der Waals surface area contributed by atoms with Crippen LogP contribution in [-0.2, 0) is 16.4 Å². The van der Waals surface area contributed by atoms with Crippen molar-refractivity contribution in [2.24, 2.45) is 0 Å². The smallest absolute Gasteiger partial charge is 0.193 e. The van der Waals surface area contributed by atoms with E-state index in [1.165, 1.54) is 0 Å². The topological polar surface area (TPSA) is 149 Å². The Morgan fingerprint density at radius 2 is 0.760 bits per heavy atom. The molecule has 0 saturated heterocycles. The summed E-state index contributed by atoms with van der Waals surface area (Å²) < 4.78 is 25.1. The highest BCUT2D eigenvalue weighted by Gasteiger charge is 2.32. The molecule has 9 nitrogen and oxygen atoms in total. The maximum absolute atomic E-state index is 13.7. The van der Waals surface area contributed by atoms with Crippen LogP contribution in [0.1, 0.15) is 139 Å². The van der Waals surface area contributed by atoms with Crippen LogP contribution in [0.3, 0.4) is 0 Å². The highest BCUT2D eigenvalue weighted by Crippen LogP contribution is 2.39. The van der Waals surface area contributed by atoms with Crippen molar-refractivity contribution in [2.45, 2.75) is 83.8 Å². The predicted molar refractivity (Wildman–Crippen MR) is 290 cm³/mol. The second-order valence-electron chi connectivity index (χ2n) is 19.5. The fourth-order valence-electron chi connectivity index (χ4n) is 9.28. The number of carbonyl (C=O) groups is 1. The Hall–Kier alpha value is -9.41. The van der Waals surface area contributed by atoms with Crippen LogP contribution in [0.4, 0.5) is 0 Å². The van der Waals surface area contributed by atoms with Gasteiger partial charge in [0.25, 0.3) is 0 Å². The van der Waals surface area contributed by atoms with Crippen LogP contribution in [0.15, 0.2) is 182 Å². The monoisotopic (exact) mass is 984 g/mol. The van der Waals surface area contributed by atoms with E-state index in [-0.39, 0.29) is 33.8 Å². The van der Waals surface area contributed by atoms with Gasteiger partial charge >= 0.3 is 0 Å². The lowest BCUT2D eigenvalue weighted by Gasteiger charge is -2.34. The number of hydrogen-bond acceptors (Lipinski definition) is 9. The van der Waals surface area contributed by atoms with Crippen molar-refractivity contribution in [1.82, 2.24) is 0 Å². The van der Waals surface area contributed by atoms with Gasteiger partial charge < -0.3 is 18.9 Å². The minimum absolute atomic E-state index is 0.103. The van der Waals surface area contributed by atoms with E-state index in [9.17, 15) is 25.8 Å². The van der Waals surface area contributed by atoms with Gasteiger partial charge in [-0.05, 0) is 162 Å². The lowest BCUT2D eigenvalue weighted by atomic mass is 9.77. The van der Waals surface area contributed by atoms with Crippen molar-refractivity contribution in [3.05, 3.63) is 249 Å². The molecule has 0 amide bonds. The van der Waals surface area contributed by atoms with Gasteiger partial charge in [-0.3, -0.25) is 4.79 Å². The zero-order valence-electron chi connectivity index (χ0n) is 43.1. The standard InChI is InChI=1S/C66H56N4O5/c1-8-66(9-2,56-22-20-53(21-23-56)65(6,7)55-26-36-59(37-27-55)74-62-33-17-49(41-68)51(39-62)43-70)75-60-30-14-47(15-31-60)63(71)46-12-28-57(29-13-46)73-58-34-24-54(25-35-58)64(4,5)52-18-10-45(11-19-52)44(3)72-61-32-16-48(40-67)50(38-61)42-69/h10-39,44H,8-9H2,1-7H3. The first-order valence-corrected chi connectivity index (χ1v) is 24.9. The molecule has 0 bridgehead atoms. The molecule has 0 aliphatic carbocycles.